The summed E-state index contributed by atoms with van der Waals surface area (Å²) in [5.41, 5.74) is 6.52. The van der Waals surface area contributed by atoms with Crippen LogP contribution >= 0.6 is 11.3 Å². The van der Waals surface area contributed by atoms with Crippen LogP contribution in [0.25, 0.3) is 0 Å². The van der Waals surface area contributed by atoms with Crippen molar-refractivity contribution in [2.75, 3.05) is 13.6 Å². The number of likely N-dealkylation sites (N-methyl/N-ethyl adjacent to an activating group) is 1. The first-order chi connectivity index (χ1) is 7.68. The second kappa shape index (κ2) is 5.30. The predicted octanol–water partition coefficient (Wildman–Crippen LogP) is 2.84. The van der Waals surface area contributed by atoms with Gasteiger partial charge in [0.15, 0.2) is 0 Å². The van der Waals surface area contributed by atoms with E-state index in [4.69, 9.17) is 5.73 Å². The zero-order valence-electron chi connectivity index (χ0n) is 10.1. The van der Waals surface area contributed by atoms with Crippen molar-refractivity contribution in [2.45, 2.75) is 44.2 Å². The van der Waals surface area contributed by atoms with Gasteiger partial charge in [0.1, 0.15) is 0 Å². The van der Waals surface area contributed by atoms with Crippen LogP contribution in [0.2, 0.25) is 0 Å². The van der Waals surface area contributed by atoms with Gasteiger partial charge in [0.25, 0.3) is 0 Å². The molecule has 2 N–H and O–H groups in total. The Kier molecular flexibility index (Phi) is 4.00. The van der Waals surface area contributed by atoms with Crippen molar-refractivity contribution in [2.24, 2.45) is 5.73 Å². The normalized spacial score (nSPS) is 20.2. The minimum absolute atomic E-state index is 0.0737. The molecule has 90 valence electrons. The highest BCUT2D eigenvalue weighted by Gasteiger charge is 2.28. The summed E-state index contributed by atoms with van der Waals surface area (Å²) in [6, 6.07) is 4.32. The first kappa shape index (κ1) is 12.1. The summed E-state index contributed by atoms with van der Waals surface area (Å²) in [5.74, 6) is 0. The Morgan fingerprint density at radius 1 is 1.38 bits per heavy atom. The van der Waals surface area contributed by atoms with E-state index in [9.17, 15) is 0 Å². The van der Waals surface area contributed by atoms with E-state index in [1.807, 2.05) is 11.3 Å². The monoisotopic (exact) mass is 238 g/mol. The van der Waals surface area contributed by atoms with Gasteiger partial charge in [-0.05, 0) is 31.3 Å². The lowest BCUT2D eigenvalue weighted by molar-refractivity contribution is 0.194. The van der Waals surface area contributed by atoms with E-state index in [1.165, 1.54) is 37.0 Å². The van der Waals surface area contributed by atoms with Crippen LogP contribution in [-0.2, 0) is 6.54 Å². The Morgan fingerprint density at radius 2 is 2.12 bits per heavy atom. The van der Waals surface area contributed by atoms with Gasteiger partial charge in [-0.1, -0.05) is 25.3 Å². The van der Waals surface area contributed by atoms with Gasteiger partial charge in [-0.3, -0.25) is 4.90 Å². The number of nitrogens with zero attached hydrogens (tertiary/aromatic N) is 1. The maximum Gasteiger partial charge on any atom is 0.0325 e. The van der Waals surface area contributed by atoms with Crippen molar-refractivity contribution >= 4 is 11.3 Å². The highest BCUT2D eigenvalue weighted by Crippen LogP contribution is 2.27. The quantitative estimate of drug-likeness (QED) is 0.874. The summed E-state index contributed by atoms with van der Waals surface area (Å²) < 4.78 is 0. The van der Waals surface area contributed by atoms with E-state index in [-0.39, 0.29) is 5.54 Å². The van der Waals surface area contributed by atoms with Crippen LogP contribution in [0.4, 0.5) is 0 Å². The molecule has 1 aliphatic carbocycles. The van der Waals surface area contributed by atoms with Crippen LogP contribution < -0.4 is 5.73 Å². The molecule has 1 aromatic rings. The number of hydrogen-bond donors (Lipinski definition) is 1. The summed E-state index contributed by atoms with van der Waals surface area (Å²) in [5, 5.41) is 2.14. The molecule has 0 radical (unpaired) electrons. The van der Waals surface area contributed by atoms with Crippen molar-refractivity contribution < 1.29 is 0 Å². The SMILES string of the molecule is CN(Cc1cccs1)CC1(N)CCCCC1. The molecule has 0 atom stereocenters. The van der Waals surface area contributed by atoms with Gasteiger partial charge in [-0.25, -0.2) is 0 Å². The Balaban J connectivity index is 1.84. The molecule has 2 nitrogen and oxygen atoms in total. The molecule has 1 saturated carbocycles. The number of thiophene rings is 1. The molecule has 1 fully saturated rings. The van der Waals surface area contributed by atoms with Crippen molar-refractivity contribution in [1.82, 2.24) is 4.90 Å². The molecule has 2 rings (SSSR count). The molecule has 1 heterocycles. The third-order valence-electron chi connectivity index (χ3n) is 3.44. The Bertz CT molecular complexity index is 302. The van der Waals surface area contributed by atoms with Gasteiger partial charge < -0.3 is 5.73 Å². The Labute approximate surface area is 102 Å². The molecular weight excluding hydrogens is 216 g/mol. The first-order valence-electron chi connectivity index (χ1n) is 6.18. The molecule has 1 aliphatic rings. The van der Waals surface area contributed by atoms with Crippen LogP contribution in [0, 0.1) is 0 Å². The van der Waals surface area contributed by atoms with E-state index in [0.29, 0.717) is 0 Å². The molecular formula is C13H22N2S. The maximum atomic E-state index is 6.45. The van der Waals surface area contributed by atoms with Crippen molar-refractivity contribution in [3.8, 4) is 0 Å². The molecule has 0 amide bonds. The molecule has 0 saturated heterocycles. The first-order valence-corrected chi connectivity index (χ1v) is 7.06. The van der Waals surface area contributed by atoms with Gasteiger partial charge in [0.2, 0.25) is 0 Å². The highest BCUT2D eigenvalue weighted by atomic mass is 32.1. The lowest BCUT2D eigenvalue weighted by Crippen LogP contribution is -2.50. The molecule has 0 bridgehead atoms. The maximum absolute atomic E-state index is 6.45. The van der Waals surface area contributed by atoms with E-state index in [0.717, 1.165) is 13.1 Å². The van der Waals surface area contributed by atoms with Gasteiger partial charge in [-0.15, -0.1) is 11.3 Å². The number of rotatable bonds is 4. The summed E-state index contributed by atoms with van der Waals surface area (Å²) in [6.45, 7) is 2.07. The van der Waals surface area contributed by atoms with Gasteiger partial charge in [-0.2, -0.15) is 0 Å². The van der Waals surface area contributed by atoms with Crippen molar-refractivity contribution in [3.05, 3.63) is 22.4 Å². The lowest BCUT2D eigenvalue weighted by Gasteiger charge is -2.36. The van der Waals surface area contributed by atoms with Crippen LogP contribution in [-0.4, -0.2) is 24.0 Å². The fraction of sp³-hybridized carbons (Fsp3) is 0.692. The fourth-order valence-corrected chi connectivity index (χ4v) is 3.46. The van der Waals surface area contributed by atoms with E-state index in [2.05, 4.69) is 29.5 Å². The molecule has 0 aromatic carbocycles. The van der Waals surface area contributed by atoms with E-state index < -0.39 is 0 Å². The second-order valence-electron chi connectivity index (χ2n) is 5.17. The average Bonchev–Trinajstić information content (AvgIpc) is 2.70. The topological polar surface area (TPSA) is 29.3 Å². The third kappa shape index (κ3) is 3.30. The van der Waals surface area contributed by atoms with E-state index in [1.54, 1.807) is 0 Å². The smallest absolute Gasteiger partial charge is 0.0325 e. The molecule has 3 heteroatoms. The average molecular weight is 238 g/mol. The Morgan fingerprint density at radius 3 is 2.75 bits per heavy atom. The van der Waals surface area contributed by atoms with Crippen LogP contribution in [0.1, 0.15) is 37.0 Å². The minimum atomic E-state index is 0.0737. The standard InChI is InChI=1S/C13H22N2S/c1-15(10-12-6-5-9-16-12)11-13(14)7-3-2-4-8-13/h5-6,9H,2-4,7-8,10-11,14H2,1H3. The lowest BCUT2D eigenvalue weighted by atomic mass is 9.82. The van der Waals surface area contributed by atoms with Gasteiger partial charge >= 0.3 is 0 Å². The van der Waals surface area contributed by atoms with Crippen LogP contribution in [0.3, 0.4) is 0 Å². The highest BCUT2D eigenvalue weighted by molar-refractivity contribution is 7.09. The molecule has 0 unspecified atom stereocenters. The zero-order chi connectivity index (χ0) is 11.4. The molecule has 0 aliphatic heterocycles. The number of hydrogen-bond acceptors (Lipinski definition) is 3. The summed E-state index contributed by atoms with van der Waals surface area (Å²) in [6.07, 6.45) is 6.38. The van der Waals surface area contributed by atoms with Gasteiger partial charge in [0, 0.05) is 23.5 Å². The summed E-state index contributed by atoms with van der Waals surface area (Å²) in [7, 11) is 2.18. The summed E-state index contributed by atoms with van der Waals surface area (Å²) in [4.78, 5) is 3.80. The van der Waals surface area contributed by atoms with Crippen molar-refractivity contribution in [1.29, 1.82) is 0 Å². The minimum Gasteiger partial charge on any atom is -0.324 e. The molecule has 16 heavy (non-hydrogen) atoms. The number of nitrogens with two attached hydrogens (primary N) is 1. The predicted molar refractivity (Wildman–Crippen MR) is 70.7 cm³/mol. The largest absolute Gasteiger partial charge is 0.324 e. The van der Waals surface area contributed by atoms with Gasteiger partial charge in [0.05, 0.1) is 0 Å². The fourth-order valence-electron chi connectivity index (χ4n) is 2.68. The summed E-state index contributed by atoms with van der Waals surface area (Å²) >= 11 is 1.83. The van der Waals surface area contributed by atoms with Crippen LogP contribution in [0.5, 0.6) is 0 Å². The van der Waals surface area contributed by atoms with E-state index >= 15 is 0 Å². The molecule has 1 aromatic heterocycles. The third-order valence-corrected chi connectivity index (χ3v) is 4.30. The Hall–Kier alpha value is -0.380. The second-order valence-corrected chi connectivity index (χ2v) is 6.21. The van der Waals surface area contributed by atoms with Crippen molar-refractivity contribution in [3.63, 3.8) is 0 Å². The molecule has 0 spiro atoms. The van der Waals surface area contributed by atoms with Crippen LogP contribution in [0.15, 0.2) is 17.5 Å². The zero-order valence-corrected chi connectivity index (χ0v) is 10.9.